The second-order valence-corrected chi connectivity index (χ2v) is 9.91. The van der Waals surface area contributed by atoms with Crippen molar-refractivity contribution in [2.45, 2.75) is 32.9 Å². The van der Waals surface area contributed by atoms with E-state index in [1.165, 1.54) is 22.3 Å². The first-order valence-corrected chi connectivity index (χ1v) is 12.9. The Kier molecular flexibility index (Phi) is 7.29. The third-order valence-electron chi connectivity index (χ3n) is 7.37. The molecule has 3 heteroatoms. The molecule has 182 valence electrons. The van der Waals surface area contributed by atoms with E-state index in [0.717, 1.165) is 49.3 Å². The lowest BCUT2D eigenvalue weighted by molar-refractivity contribution is 0.0439. The lowest BCUT2D eigenvalue weighted by Gasteiger charge is -2.42. The first kappa shape index (κ1) is 24.0. The maximum atomic E-state index is 14.1. The molecule has 0 radical (unpaired) electrons. The molecule has 1 saturated heterocycles. The van der Waals surface area contributed by atoms with Crippen molar-refractivity contribution in [1.82, 2.24) is 9.80 Å². The van der Waals surface area contributed by atoms with Crippen LogP contribution in [0, 0.1) is 13.8 Å². The minimum absolute atomic E-state index is 0.116. The van der Waals surface area contributed by atoms with Gasteiger partial charge in [-0.2, -0.15) is 0 Å². The zero-order valence-corrected chi connectivity index (χ0v) is 21.2. The van der Waals surface area contributed by atoms with Gasteiger partial charge in [-0.1, -0.05) is 97.1 Å². The molecule has 0 saturated carbocycles. The molecule has 0 spiro atoms. The van der Waals surface area contributed by atoms with Crippen LogP contribution < -0.4 is 0 Å². The van der Waals surface area contributed by atoms with Crippen LogP contribution in [-0.2, 0) is 13.0 Å². The van der Waals surface area contributed by atoms with E-state index in [2.05, 4.69) is 109 Å². The summed E-state index contributed by atoms with van der Waals surface area (Å²) in [7, 11) is 0. The van der Waals surface area contributed by atoms with E-state index in [0.29, 0.717) is 0 Å². The highest BCUT2D eigenvalue weighted by molar-refractivity contribution is 6.01. The van der Waals surface area contributed by atoms with Crippen molar-refractivity contribution < 1.29 is 4.79 Å². The fourth-order valence-electron chi connectivity index (χ4n) is 5.22. The van der Waals surface area contributed by atoms with Crippen LogP contribution in [0.2, 0.25) is 0 Å². The molecule has 4 aromatic rings. The predicted molar refractivity (Wildman–Crippen MR) is 148 cm³/mol. The number of nitrogens with zero attached hydrogens (tertiary/aromatic N) is 2. The first-order chi connectivity index (χ1) is 17.6. The average Bonchev–Trinajstić information content (AvgIpc) is 2.91. The van der Waals surface area contributed by atoms with Gasteiger partial charge in [-0.3, -0.25) is 9.69 Å². The van der Waals surface area contributed by atoms with E-state index in [9.17, 15) is 4.79 Å². The number of hydrogen-bond acceptors (Lipinski definition) is 2. The van der Waals surface area contributed by atoms with E-state index in [4.69, 9.17) is 0 Å². The van der Waals surface area contributed by atoms with Gasteiger partial charge in [0.1, 0.15) is 0 Å². The van der Waals surface area contributed by atoms with Gasteiger partial charge in [-0.25, -0.2) is 0 Å². The highest BCUT2D eigenvalue weighted by Gasteiger charge is 2.32. The third kappa shape index (κ3) is 5.42. The van der Waals surface area contributed by atoms with E-state index < -0.39 is 0 Å². The minimum Gasteiger partial charge on any atom is -0.333 e. The van der Waals surface area contributed by atoms with Gasteiger partial charge in [-0.15, -0.1) is 0 Å². The largest absolute Gasteiger partial charge is 0.333 e. The Morgan fingerprint density at radius 1 is 0.750 bits per heavy atom. The summed E-state index contributed by atoms with van der Waals surface area (Å²) in [6.45, 7) is 7.63. The zero-order chi connectivity index (χ0) is 24.9. The number of amides is 1. The molecule has 36 heavy (non-hydrogen) atoms. The van der Waals surface area contributed by atoms with Gasteiger partial charge in [0.2, 0.25) is 0 Å². The Balaban J connectivity index is 1.43. The van der Waals surface area contributed by atoms with Gasteiger partial charge in [-0.05, 0) is 59.7 Å². The second kappa shape index (κ2) is 10.9. The Morgan fingerprint density at radius 2 is 1.42 bits per heavy atom. The maximum Gasteiger partial charge on any atom is 0.254 e. The number of carbonyl (C=O) groups is 1. The van der Waals surface area contributed by atoms with Crippen LogP contribution in [0.5, 0.6) is 0 Å². The van der Waals surface area contributed by atoms with Crippen LogP contribution in [0.25, 0.3) is 11.1 Å². The molecule has 1 unspecified atom stereocenters. The number of piperazine rings is 1. The molecule has 1 amide bonds. The lowest BCUT2D eigenvalue weighted by atomic mass is 9.94. The van der Waals surface area contributed by atoms with Gasteiger partial charge in [0.25, 0.3) is 5.91 Å². The Labute approximate surface area is 215 Å². The number of hydrogen-bond donors (Lipinski definition) is 0. The van der Waals surface area contributed by atoms with Crippen LogP contribution in [0.15, 0.2) is 103 Å². The first-order valence-electron chi connectivity index (χ1n) is 12.9. The highest BCUT2D eigenvalue weighted by Crippen LogP contribution is 2.28. The quantitative estimate of drug-likeness (QED) is 0.317. The van der Waals surface area contributed by atoms with Crippen molar-refractivity contribution in [3.8, 4) is 11.1 Å². The smallest absolute Gasteiger partial charge is 0.254 e. The Hall–Kier alpha value is -3.69. The average molecular weight is 475 g/mol. The summed E-state index contributed by atoms with van der Waals surface area (Å²) in [5.41, 5.74) is 7.99. The van der Waals surface area contributed by atoms with Crippen molar-refractivity contribution in [1.29, 1.82) is 0 Å². The highest BCUT2D eigenvalue weighted by atomic mass is 16.2. The summed E-state index contributed by atoms with van der Waals surface area (Å²) in [5, 5.41) is 0. The molecule has 0 N–H and O–H groups in total. The molecule has 1 aliphatic heterocycles. The molecule has 4 aromatic carbocycles. The van der Waals surface area contributed by atoms with Crippen LogP contribution in [-0.4, -0.2) is 41.4 Å². The molecule has 0 bridgehead atoms. The molecule has 5 rings (SSSR count). The summed E-state index contributed by atoms with van der Waals surface area (Å²) in [6, 6.07) is 35.8. The number of rotatable bonds is 6. The van der Waals surface area contributed by atoms with Gasteiger partial charge in [0.15, 0.2) is 0 Å². The maximum absolute atomic E-state index is 14.1. The fraction of sp³-hybridized carbons (Fsp3) is 0.242. The van der Waals surface area contributed by atoms with E-state index in [-0.39, 0.29) is 11.9 Å². The number of carbonyl (C=O) groups excluding carboxylic acids is 1. The van der Waals surface area contributed by atoms with Gasteiger partial charge >= 0.3 is 0 Å². The second-order valence-electron chi connectivity index (χ2n) is 9.91. The lowest BCUT2D eigenvalue weighted by Crippen LogP contribution is -2.55. The summed E-state index contributed by atoms with van der Waals surface area (Å²) < 4.78 is 0. The van der Waals surface area contributed by atoms with Crippen molar-refractivity contribution in [2.75, 3.05) is 19.6 Å². The normalized spacial score (nSPS) is 16.2. The van der Waals surface area contributed by atoms with Crippen molar-refractivity contribution in [3.05, 3.63) is 131 Å². The Bertz CT molecular complexity index is 1320. The van der Waals surface area contributed by atoms with Crippen LogP contribution >= 0.6 is 0 Å². The molecular formula is C33H34N2O. The fourth-order valence-corrected chi connectivity index (χ4v) is 5.22. The summed E-state index contributed by atoms with van der Waals surface area (Å²) in [4.78, 5) is 18.7. The van der Waals surface area contributed by atoms with Gasteiger partial charge in [0, 0.05) is 37.8 Å². The van der Waals surface area contributed by atoms with Crippen molar-refractivity contribution in [2.24, 2.45) is 0 Å². The topological polar surface area (TPSA) is 23.6 Å². The number of aryl methyl sites for hydroxylation is 2. The standard InChI is InChI=1S/C33H34N2O/c1-25-17-18-29(21-26(25)2)31-15-9-10-16-32(31)33(36)35-20-19-34(23-28-13-7-4-8-14-28)24-30(35)22-27-11-5-3-6-12-27/h3-18,21,30H,19-20,22-24H2,1-2H3. The Morgan fingerprint density at radius 3 is 2.14 bits per heavy atom. The van der Waals surface area contributed by atoms with E-state index in [1.54, 1.807) is 0 Å². The molecule has 1 fully saturated rings. The summed E-state index contributed by atoms with van der Waals surface area (Å²) in [6.07, 6.45) is 0.851. The molecule has 0 aromatic heterocycles. The molecule has 1 heterocycles. The van der Waals surface area contributed by atoms with Crippen LogP contribution in [0.1, 0.15) is 32.6 Å². The van der Waals surface area contributed by atoms with E-state index >= 15 is 0 Å². The molecular weight excluding hydrogens is 440 g/mol. The predicted octanol–water partition coefficient (Wildman–Crippen LogP) is 6.54. The zero-order valence-electron chi connectivity index (χ0n) is 21.2. The minimum atomic E-state index is 0.116. The number of benzene rings is 4. The van der Waals surface area contributed by atoms with Gasteiger partial charge in [0.05, 0.1) is 0 Å². The van der Waals surface area contributed by atoms with Crippen LogP contribution in [0.3, 0.4) is 0 Å². The third-order valence-corrected chi connectivity index (χ3v) is 7.37. The molecule has 0 aliphatic carbocycles. The molecule has 3 nitrogen and oxygen atoms in total. The van der Waals surface area contributed by atoms with E-state index in [1.807, 2.05) is 18.2 Å². The molecule has 1 aliphatic rings. The van der Waals surface area contributed by atoms with Crippen LogP contribution in [0.4, 0.5) is 0 Å². The SMILES string of the molecule is Cc1ccc(-c2ccccc2C(=O)N2CCN(Cc3ccccc3)CC2Cc2ccccc2)cc1C. The van der Waals surface area contributed by atoms with Crippen molar-refractivity contribution >= 4 is 5.91 Å². The molecule has 1 atom stereocenters. The van der Waals surface area contributed by atoms with Gasteiger partial charge < -0.3 is 4.90 Å². The summed E-state index contributed by atoms with van der Waals surface area (Å²) in [5.74, 6) is 0.129. The van der Waals surface area contributed by atoms with Crippen molar-refractivity contribution in [3.63, 3.8) is 0 Å². The summed E-state index contributed by atoms with van der Waals surface area (Å²) >= 11 is 0. The monoisotopic (exact) mass is 474 g/mol.